The molecule has 28 heavy (non-hydrogen) atoms. The number of hydrogen-bond donors (Lipinski definition) is 3. The first-order valence-corrected chi connectivity index (χ1v) is 9.54. The van der Waals surface area contributed by atoms with Gasteiger partial charge >= 0.3 is 0 Å². The van der Waals surface area contributed by atoms with Crippen molar-refractivity contribution in [1.29, 1.82) is 0 Å². The van der Waals surface area contributed by atoms with Crippen molar-refractivity contribution in [3.63, 3.8) is 0 Å². The number of ether oxygens (including phenoxy) is 1. The SMILES string of the molecule is CCNC(=NCc1cccc(C(=O)NC)c1)NCCc1cc(C)ccc1OC. The molecule has 0 saturated carbocycles. The molecule has 0 aliphatic carbocycles. The van der Waals surface area contributed by atoms with Gasteiger partial charge in [-0.3, -0.25) is 4.79 Å². The van der Waals surface area contributed by atoms with E-state index < -0.39 is 0 Å². The van der Waals surface area contributed by atoms with Gasteiger partial charge in [0.1, 0.15) is 5.75 Å². The second-order valence-corrected chi connectivity index (χ2v) is 6.47. The lowest BCUT2D eigenvalue weighted by atomic mass is 10.1. The van der Waals surface area contributed by atoms with Crippen molar-refractivity contribution in [2.75, 3.05) is 27.2 Å². The van der Waals surface area contributed by atoms with Crippen molar-refractivity contribution in [3.8, 4) is 5.75 Å². The van der Waals surface area contributed by atoms with Crippen molar-refractivity contribution in [2.24, 2.45) is 4.99 Å². The molecule has 0 aliphatic rings. The topological polar surface area (TPSA) is 74.8 Å². The zero-order valence-corrected chi connectivity index (χ0v) is 17.1. The number of aliphatic imine (C=N–C) groups is 1. The summed E-state index contributed by atoms with van der Waals surface area (Å²) in [5, 5.41) is 9.26. The minimum Gasteiger partial charge on any atom is -0.496 e. The van der Waals surface area contributed by atoms with Crippen LogP contribution in [-0.2, 0) is 13.0 Å². The Balaban J connectivity index is 1.99. The Kier molecular flexibility index (Phi) is 8.34. The second kappa shape index (κ2) is 11.0. The van der Waals surface area contributed by atoms with Crippen LogP contribution in [0.2, 0.25) is 0 Å². The summed E-state index contributed by atoms with van der Waals surface area (Å²) in [5.74, 6) is 1.56. The smallest absolute Gasteiger partial charge is 0.251 e. The maximum absolute atomic E-state index is 11.8. The first-order valence-electron chi connectivity index (χ1n) is 9.54. The standard InChI is InChI=1S/C22H30N4O2/c1-5-24-22(25-12-11-18-13-16(2)9-10-20(18)28-4)26-15-17-7-6-8-19(14-17)21(27)23-3/h6-10,13-14H,5,11-12,15H2,1-4H3,(H,23,27)(H2,24,25,26). The number of methoxy groups -OCH3 is 1. The maximum atomic E-state index is 11.8. The number of nitrogens with one attached hydrogen (secondary N) is 3. The largest absolute Gasteiger partial charge is 0.496 e. The van der Waals surface area contributed by atoms with Gasteiger partial charge in [0.2, 0.25) is 0 Å². The third-order valence-electron chi connectivity index (χ3n) is 4.30. The van der Waals surface area contributed by atoms with E-state index in [2.05, 4.69) is 33.9 Å². The van der Waals surface area contributed by atoms with Crippen LogP contribution in [0.5, 0.6) is 5.75 Å². The minimum atomic E-state index is -0.0945. The molecule has 0 fully saturated rings. The molecule has 1 amide bonds. The lowest BCUT2D eigenvalue weighted by Gasteiger charge is -2.13. The molecule has 0 bridgehead atoms. The lowest BCUT2D eigenvalue weighted by molar-refractivity contribution is 0.0963. The normalized spacial score (nSPS) is 11.1. The zero-order valence-electron chi connectivity index (χ0n) is 17.1. The Morgan fingerprint density at radius 2 is 1.96 bits per heavy atom. The third-order valence-corrected chi connectivity index (χ3v) is 4.30. The van der Waals surface area contributed by atoms with Gasteiger partial charge in [-0.25, -0.2) is 4.99 Å². The highest BCUT2D eigenvalue weighted by Crippen LogP contribution is 2.19. The van der Waals surface area contributed by atoms with Crippen LogP contribution in [0.3, 0.4) is 0 Å². The molecule has 0 radical (unpaired) electrons. The number of carbonyl (C=O) groups excluding carboxylic acids is 1. The summed E-state index contributed by atoms with van der Waals surface area (Å²) in [6, 6.07) is 13.7. The third kappa shape index (κ3) is 6.30. The van der Waals surface area contributed by atoms with E-state index >= 15 is 0 Å². The highest BCUT2D eigenvalue weighted by atomic mass is 16.5. The van der Waals surface area contributed by atoms with Gasteiger partial charge in [-0.15, -0.1) is 0 Å². The van der Waals surface area contributed by atoms with E-state index in [1.807, 2.05) is 37.3 Å². The Bertz CT molecular complexity index is 818. The molecule has 0 atom stereocenters. The molecule has 2 rings (SSSR count). The fourth-order valence-corrected chi connectivity index (χ4v) is 2.89. The first-order chi connectivity index (χ1) is 13.6. The number of nitrogens with zero attached hydrogens (tertiary/aromatic N) is 1. The summed E-state index contributed by atoms with van der Waals surface area (Å²) in [6.45, 7) is 6.12. The van der Waals surface area contributed by atoms with Gasteiger partial charge < -0.3 is 20.7 Å². The van der Waals surface area contributed by atoms with Gasteiger partial charge in [-0.05, 0) is 49.6 Å². The van der Waals surface area contributed by atoms with Gasteiger partial charge in [0, 0.05) is 25.7 Å². The Hall–Kier alpha value is -3.02. The van der Waals surface area contributed by atoms with E-state index in [0.29, 0.717) is 12.1 Å². The molecule has 6 nitrogen and oxygen atoms in total. The van der Waals surface area contributed by atoms with Crippen LogP contribution >= 0.6 is 0 Å². The molecule has 0 heterocycles. The average molecular weight is 383 g/mol. The van der Waals surface area contributed by atoms with Crippen LogP contribution in [-0.4, -0.2) is 39.1 Å². The average Bonchev–Trinajstić information content (AvgIpc) is 2.71. The Labute approximate surface area is 167 Å². The predicted molar refractivity (Wildman–Crippen MR) is 114 cm³/mol. The Morgan fingerprint density at radius 3 is 2.68 bits per heavy atom. The molecule has 0 aromatic heterocycles. The number of carbonyl (C=O) groups is 1. The maximum Gasteiger partial charge on any atom is 0.251 e. The van der Waals surface area contributed by atoms with Crippen LogP contribution < -0.4 is 20.7 Å². The van der Waals surface area contributed by atoms with Gasteiger partial charge in [-0.2, -0.15) is 0 Å². The molecular weight excluding hydrogens is 352 g/mol. The van der Waals surface area contributed by atoms with Crippen molar-refractivity contribution >= 4 is 11.9 Å². The van der Waals surface area contributed by atoms with E-state index in [9.17, 15) is 4.79 Å². The van der Waals surface area contributed by atoms with Crippen LogP contribution in [0, 0.1) is 6.92 Å². The number of amides is 1. The van der Waals surface area contributed by atoms with Crippen molar-refractivity contribution in [1.82, 2.24) is 16.0 Å². The number of hydrogen-bond acceptors (Lipinski definition) is 3. The summed E-state index contributed by atoms with van der Waals surface area (Å²) in [6.07, 6.45) is 0.835. The number of benzene rings is 2. The van der Waals surface area contributed by atoms with E-state index in [-0.39, 0.29) is 5.91 Å². The molecule has 150 valence electrons. The number of guanidine groups is 1. The van der Waals surface area contributed by atoms with E-state index in [1.165, 1.54) is 11.1 Å². The molecule has 3 N–H and O–H groups in total. The number of aryl methyl sites for hydroxylation is 1. The van der Waals surface area contributed by atoms with Crippen molar-refractivity contribution < 1.29 is 9.53 Å². The van der Waals surface area contributed by atoms with Gasteiger partial charge in [0.25, 0.3) is 5.91 Å². The highest BCUT2D eigenvalue weighted by molar-refractivity contribution is 5.94. The molecule has 2 aromatic rings. The highest BCUT2D eigenvalue weighted by Gasteiger charge is 2.06. The van der Waals surface area contributed by atoms with Crippen LogP contribution in [0.4, 0.5) is 0 Å². The summed E-state index contributed by atoms with van der Waals surface area (Å²) in [7, 11) is 3.32. The molecule has 0 unspecified atom stereocenters. The summed E-state index contributed by atoms with van der Waals surface area (Å²) in [5.41, 5.74) is 4.01. The molecule has 0 spiro atoms. The summed E-state index contributed by atoms with van der Waals surface area (Å²) in [4.78, 5) is 16.4. The van der Waals surface area contributed by atoms with Gasteiger partial charge in [0.15, 0.2) is 5.96 Å². The fourth-order valence-electron chi connectivity index (χ4n) is 2.89. The van der Waals surface area contributed by atoms with E-state index in [0.717, 1.165) is 36.8 Å². The van der Waals surface area contributed by atoms with E-state index in [1.54, 1.807) is 20.2 Å². The van der Waals surface area contributed by atoms with Crippen molar-refractivity contribution in [2.45, 2.75) is 26.8 Å². The quantitative estimate of drug-likeness (QED) is 0.485. The summed E-state index contributed by atoms with van der Waals surface area (Å²) >= 11 is 0. The second-order valence-electron chi connectivity index (χ2n) is 6.47. The van der Waals surface area contributed by atoms with Gasteiger partial charge in [0.05, 0.1) is 13.7 Å². The van der Waals surface area contributed by atoms with E-state index in [4.69, 9.17) is 4.74 Å². The van der Waals surface area contributed by atoms with Crippen LogP contribution in [0.15, 0.2) is 47.5 Å². The lowest BCUT2D eigenvalue weighted by Crippen LogP contribution is -2.38. The van der Waals surface area contributed by atoms with Gasteiger partial charge in [-0.1, -0.05) is 29.8 Å². The molecule has 6 heteroatoms. The number of rotatable bonds is 8. The monoisotopic (exact) mass is 382 g/mol. The molecule has 2 aromatic carbocycles. The van der Waals surface area contributed by atoms with Crippen molar-refractivity contribution in [3.05, 3.63) is 64.7 Å². The minimum absolute atomic E-state index is 0.0945. The summed E-state index contributed by atoms with van der Waals surface area (Å²) < 4.78 is 5.44. The molecule has 0 saturated heterocycles. The zero-order chi connectivity index (χ0) is 20.4. The molecular formula is C22H30N4O2. The van der Waals surface area contributed by atoms with Crippen LogP contribution in [0.25, 0.3) is 0 Å². The Morgan fingerprint density at radius 1 is 1.14 bits per heavy atom. The first kappa shape index (κ1) is 21.3. The fraction of sp³-hybridized carbons (Fsp3) is 0.364. The predicted octanol–water partition coefficient (Wildman–Crippen LogP) is 2.66. The van der Waals surface area contributed by atoms with Crippen LogP contribution in [0.1, 0.15) is 34.0 Å². The molecule has 0 aliphatic heterocycles.